The fourth-order valence-corrected chi connectivity index (χ4v) is 2.93. The van der Waals surface area contributed by atoms with Gasteiger partial charge in [0.15, 0.2) is 0 Å². The van der Waals surface area contributed by atoms with E-state index in [1.165, 1.54) is 6.26 Å². The van der Waals surface area contributed by atoms with Crippen LogP contribution in [0.1, 0.15) is 33.6 Å². The number of ether oxygens (including phenoxy) is 1. The second-order valence-electron chi connectivity index (χ2n) is 5.57. The van der Waals surface area contributed by atoms with E-state index in [9.17, 15) is 9.00 Å². The zero-order chi connectivity index (χ0) is 13.3. The highest BCUT2D eigenvalue weighted by molar-refractivity contribution is 7.92. The average Bonchev–Trinajstić information content (AvgIpc) is 2.14. The molecule has 1 rings (SSSR count). The molecule has 5 nitrogen and oxygen atoms in total. The number of piperidine rings is 1. The summed E-state index contributed by atoms with van der Waals surface area (Å²) in [6.07, 6.45) is 2.40. The summed E-state index contributed by atoms with van der Waals surface area (Å²) in [6.45, 7) is 6.56. The Hall–Kier alpha value is -0.780. The summed E-state index contributed by atoms with van der Waals surface area (Å²) >= 11 is 0. The van der Waals surface area contributed by atoms with Crippen LogP contribution in [-0.2, 0) is 14.5 Å². The molecule has 0 spiro atoms. The SMILES string of the molecule is CC(C)(C)OC(=O)N1CCC([S@@](C)(=N)=O)CC1. The summed E-state index contributed by atoms with van der Waals surface area (Å²) in [5, 5.41) is -0.0961. The van der Waals surface area contributed by atoms with Crippen molar-refractivity contribution in [1.29, 1.82) is 4.78 Å². The predicted octanol–water partition coefficient (Wildman–Crippen LogP) is 2.06. The van der Waals surface area contributed by atoms with E-state index in [4.69, 9.17) is 9.52 Å². The summed E-state index contributed by atoms with van der Waals surface area (Å²) in [5.74, 6) is 0. The smallest absolute Gasteiger partial charge is 0.410 e. The van der Waals surface area contributed by atoms with E-state index in [-0.39, 0.29) is 11.3 Å². The lowest BCUT2D eigenvalue weighted by atomic mass is 10.1. The third kappa shape index (κ3) is 4.53. The highest BCUT2D eigenvalue weighted by Crippen LogP contribution is 2.19. The number of amides is 1. The Morgan fingerprint density at radius 2 is 1.82 bits per heavy atom. The van der Waals surface area contributed by atoms with Crippen LogP contribution in [0.15, 0.2) is 0 Å². The van der Waals surface area contributed by atoms with Crippen LogP contribution in [0.3, 0.4) is 0 Å². The molecule has 1 saturated heterocycles. The lowest BCUT2D eigenvalue weighted by Gasteiger charge is -2.33. The van der Waals surface area contributed by atoms with Gasteiger partial charge in [-0.2, -0.15) is 0 Å². The number of likely N-dealkylation sites (tertiary alicyclic amines) is 1. The molecule has 1 aliphatic rings. The van der Waals surface area contributed by atoms with Crippen LogP contribution >= 0.6 is 0 Å². The van der Waals surface area contributed by atoms with Crippen LogP contribution in [0.4, 0.5) is 4.79 Å². The average molecular weight is 262 g/mol. The maximum absolute atomic E-state index is 11.8. The first-order chi connectivity index (χ1) is 7.59. The van der Waals surface area contributed by atoms with E-state index >= 15 is 0 Å². The highest BCUT2D eigenvalue weighted by Gasteiger charge is 2.29. The molecule has 17 heavy (non-hydrogen) atoms. The van der Waals surface area contributed by atoms with E-state index in [1.807, 2.05) is 20.8 Å². The number of nitrogens with zero attached hydrogens (tertiary/aromatic N) is 1. The molecule has 1 N–H and O–H groups in total. The summed E-state index contributed by atoms with van der Waals surface area (Å²) in [4.78, 5) is 13.4. The Labute approximate surface area is 103 Å². The van der Waals surface area contributed by atoms with E-state index in [1.54, 1.807) is 4.90 Å². The van der Waals surface area contributed by atoms with E-state index in [2.05, 4.69) is 0 Å². The number of carbonyl (C=O) groups is 1. The molecule has 0 bridgehead atoms. The predicted molar refractivity (Wildman–Crippen MR) is 67.6 cm³/mol. The molecule has 6 heteroatoms. The highest BCUT2D eigenvalue weighted by atomic mass is 32.2. The molecule has 0 aromatic carbocycles. The van der Waals surface area contributed by atoms with Gasteiger partial charge in [0, 0.05) is 34.3 Å². The van der Waals surface area contributed by atoms with Gasteiger partial charge in [0.1, 0.15) is 5.60 Å². The van der Waals surface area contributed by atoms with E-state index < -0.39 is 15.3 Å². The minimum absolute atomic E-state index is 0.0961. The minimum Gasteiger partial charge on any atom is -0.444 e. The second kappa shape index (κ2) is 4.84. The van der Waals surface area contributed by atoms with Crippen molar-refractivity contribution in [2.45, 2.75) is 44.5 Å². The van der Waals surface area contributed by atoms with Crippen molar-refractivity contribution in [3.8, 4) is 0 Å². The third-order valence-corrected chi connectivity index (χ3v) is 4.47. The molecule has 1 amide bonds. The molecule has 0 aromatic rings. The van der Waals surface area contributed by atoms with Gasteiger partial charge in [0.05, 0.1) is 0 Å². The Balaban J connectivity index is 2.50. The summed E-state index contributed by atoms with van der Waals surface area (Å²) in [5.41, 5.74) is -0.484. The van der Waals surface area contributed by atoms with Gasteiger partial charge in [-0.25, -0.2) is 9.00 Å². The van der Waals surface area contributed by atoms with Gasteiger partial charge in [-0.15, -0.1) is 0 Å². The molecule has 0 aromatic heterocycles. The molecule has 0 saturated carbocycles. The van der Waals surface area contributed by atoms with Crippen LogP contribution in [0.25, 0.3) is 0 Å². The van der Waals surface area contributed by atoms with Gasteiger partial charge >= 0.3 is 6.09 Å². The molecule has 1 heterocycles. The molecule has 0 unspecified atom stereocenters. The van der Waals surface area contributed by atoms with Crippen LogP contribution in [0.2, 0.25) is 0 Å². The zero-order valence-electron chi connectivity index (χ0n) is 11.0. The number of nitrogens with one attached hydrogen (secondary N) is 1. The summed E-state index contributed by atoms with van der Waals surface area (Å²) in [7, 11) is -2.49. The zero-order valence-corrected chi connectivity index (χ0v) is 11.8. The van der Waals surface area contributed by atoms with Crippen molar-refractivity contribution >= 4 is 15.8 Å². The number of carbonyl (C=O) groups excluding carboxylic acids is 1. The molecular formula is C11H22N2O3S. The molecule has 0 radical (unpaired) electrons. The molecule has 1 aliphatic heterocycles. The maximum Gasteiger partial charge on any atom is 0.410 e. The fraction of sp³-hybridized carbons (Fsp3) is 0.909. The number of rotatable bonds is 1. The maximum atomic E-state index is 11.8. The quantitative estimate of drug-likeness (QED) is 0.786. The lowest BCUT2D eigenvalue weighted by molar-refractivity contribution is 0.0218. The Kier molecular flexibility index (Phi) is 4.06. The van der Waals surface area contributed by atoms with E-state index in [0.717, 1.165) is 0 Å². The van der Waals surface area contributed by atoms with Gasteiger partial charge in [0.25, 0.3) is 0 Å². The van der Waals surface area contributed by atoms with Gasteiger partial charge in [-0.05, 0) is 33.6 Å². The monoisotopic (exact) mass is 262 g/mol. The number of hydrogen-bond donors (Lipinski definition) is 1. The van der Waals surface area contributed by atoms with Crippen LogP contribution < -0.4 is 0 Å². The standard InChI is InChI=1S/C11H22N2O3S/c1-11(2,3)16-10(14)13-7-5-9(6-8-13)17(4,12)15/h9,12H,5-8H2,1-4H3/t17-/m0/s1. The normalized spacial score (nSPS) is 22.0. The van der Waals surface area contributed by atoms with Gasteiger partial charge < -0.3 is 9.64 Å². The Bertz CT molecular complexity index is 376. The topological polar surface area (TPSA) is 70.5 Å². The molecular weight excluding hydrogens is 240 g/mol. The second-order valence-corrected chi connectivity index (χ2v) is 8.05. The van der Waals surface area contributed by atoms with Crippen molar-refractivity contribution in [2.75, 3.05) is 19.3 Å². The van der Waals surface area contributed by atoms with Gasteiger partial charge in [-0.1, -0.05) is 0 Å². The first-order valence-corrected chi connectivity index (χ1v) is 7.83. The minimum atomic E-state index is -2.49. The Morgan fingerprint density at radius 3 is 2.18 bits per heavy atom. The van der Waals surface area contributed by atoms with Crippen LogP contribution in [0.5, 0.6) is 0 Å². The largest absolute Gasteiger partial charge is 0.444 e. The molecule has 100 valence electrons. The van der Waals surface area contributed by atoms with Crippen molar-refractivity contribution in [3.63, 3.8) is 0 Å². The van der Waals surface area contributed by atoms with Crippen molar-refractivity contribution in [1.82, 2.24) is 4.90 Å². The first-order valence-electron chi connectivity index (χ1n) is 5.80. The Morgan fingerprint density at radius 1 is 1.35 bits per heavy atom. The van der Waals surface area contributed by atoms with Gasteiger partial charge in [-0.3, -0.25) is 4.78 Å². The fourth-order valence-electron chi connectivity index (χ4n) is 1.81. The third-order valence-electron chi connectivity index (χ3n) is 2.73. The van der Waals surface area contributed by atoms with Gasteiger partial charge in [0.2, 0.25) is 0 Å². The summed E-state index contributed by atoms with van der Waals surface area (Å²) < 4.78 is 24.4. The first kappa shape index (κ1) is 14.3. The van der Waals surface area contributed by atoms with Crippen LogP contribution in [-0.4, -0.2) is 45.4 Å². The molecule has 0 aliphatic carbocycles. The molecule has 1 fully saturated rings. The lowest BCUT2D eigenvalue weighted by Crippen LogP contribution is -2.44. The van der Waals surface area contributed by atoms with Crippen molar-refractivity contribution in [2.24, 2.45) is 0 Å². The summed E-state index contributed by atoms with van der Waals surface area (Å²) in [6, 6.07) is 0. The van der Waals surface area contributed by atoms with Crippen molar-refractivity contribution < 1.29 is 13.7 Å². The van der Waals surface area contributed by atoms with Crippen molar-refractivity contribution in [3.05, 3.63) is 0 Å². The molecule has 1 atom stereocenters. The van der Waals surface area contributed by atoms with Crippen LogP contribution in [0, 0.1) is 4.78 Å². The van der Waals surface area contributed by atoms with E-state index in [0.29, 0.717) is 25.9 Å². The number of hydrogen-bond acceptors (Lipinski definition) is 4.